The molecule has 0 fully saturated rings. The Hall–Kier alpha value is -4.86. The number of benzene rings is 5. The summed E-state index contributed by atoms with van der Waals surface area (Å²) < 4.78 is 1.06. The monoisotopic (exact) mass is 644 g/mol. The van der Waals surface area contributed by atoms with Crippen molar-refractivity contribution < 1.29 is 0 Å². The Bertz CT molecular complexity index is 1980. The quantitative estimate of drug-likeness (QED) is 0.181. The molecule has 0 amide bonds. The molecule has 5 aromatic rings. The number of para-hydroxylation sites is 2. The molecular formula is C42H33BrN2. The molecular weight excluding hydrogens is 612 g/mol. The zero-order valence-electron chi connectivity index (χ0n) is 24.9. The summed E-state index contributed by atoms with van der Waals surface area (Å²) in [5, 5.41) is 0. The average molecular weight is 646 g/mol. The van der Waals surface area contributed by atoms with Gasteiger partial charge in [-0.2, -0.15) is 0 Å². The first-order chi connectivity index (χ1) is 22.2. The number of fused-ring (bicyclic) bond motifs is 3. The van der Waals surface area contributed by atoms with E-state index < -0.39 is 0 Å². The van der Waals surface area contributed by atoms with E-state index in [1.165, 1.54) is 50.6 Å². The second-order valence-corrected chi connectivity index (χ2v) is 12.8. The molecule has 8 rings (SSSR count). The van der Waals surface area contributed by atoms with Crippen molar-refractivity contribution in [3.8, 4) is 22.3 Å². The fourth-order valence-electron chi connectivity index (χ4n) is 6.99. The Balaban J connectivity index is 1.12. The summed E-state index contributed by atoms with van der Waals surface area (Å²) in [7, 11) is 0. The first-order valence-electron chi connectivity index (χ1n) is 15.7. The summed E-state index contributed by atoms with van der Waals surface area (Å²) in [5.41, 5.74) is 12.3. The lowest BCUT2D eigenvalue weighted by Gasteiger charge is -2.29. The summed E-state index contributed by atoms with van der Waals surface area (Å²) in [4.78, 5) is 4.87. The molecule has 5 aromatic carbocycles. The van der Waals surface area contributed by atoms with Crippen molar-refractivity contribution in [1.29, 1.82) is 0 Å². The van der Waals surface area contributed by atoms with Crippen LogP contribution in [0.1, 0.15) is 24.3 Å². The van der Waals surface area contributed by atoms with Crippen molar-refractivity contribution in [2.75, 3.05) is 9.80 Å². The van der Waals surface area contributed by atoms with Gasteiger partial charge in [0.2, 0.25) is 0 Å². The molecule has 2 atom stereocenters. The molecule has 45 heavy (non-hydrogen) atoms. The van der Waals surface area contributed by atoms with Crippen LogP contribution in [-0.4, -0.2) is 6.04 Å². The Kier molecular flexibility index (Phi) is 7.32. The van der Waals surface area contributed by atoms with E-state index in [0.717, 1.165) is 23.0 Å². The summed E-state index contributed by atoms with van der Waals surface area (Å²) in [5.74, 6) is 0.390. The third kappa shape index (κ3) is 5.28. The first kappa shape index (κ1) is 27.7. The fourth-order valence-corrected chi connectivity index (χ4v) is 7.47. The third-order valence-electron chi connectivity index (χ3n) is 9.07. The van der Waals surface area contributed by atoms with Gasteiger partial charge in [0.25, 0.3) is 0 Å². The van der Waals surface area contributed by atoms with Gasteiger partial charge in [-0.25, -0.2) is 0 Å². The van der Waals surface area contributed by atoms with Gasteiger partial charge in [-0.1, -0.05) is 119 Å². The normalized spacial score (nSPS) is 18.0. The van der Waals surface area contributed by atoms with Crippen LogP contribution in [0.2, 0.25) is 0 Å². The van der Waals surface area contributed by atoms with Gasteiger partial charge < -0.3 is 9.80 Å². The molecule has 3 aliphatic rings. The van der Waals surface area contributed by atoms with Crippen molar-refractivity contribution >= 4 is 38.7 Å². The van der Waals surface area contributed by atoms with Gasteiger partial charge in [0.05, 0.1) is 6.04 Å². The maximum atomic E-state index is 3.84. The second-order valence-electron chi connectivity index (χ2n) is 11.8. The molecule has 0 aromatic heterocycles. The van der Waals surface area contributed by atoms with Crippen molar-refractivity contribution in [2.45, 2.75) is 24.8 Å². The number of allylic oxidation sites excluding steroid dienone is 6. The molecule has 0 bridgehead atoms. The van der Waals surface area contributed by atoms with E-state index in [2.05, 4.69) is 190 Å². The van der Waals surface area contributed by atoms with Crippen molar-refractivity contribution in [1.82, 2.24) is 0 Å². The van der Waals surface area contributed by atoms with Crippen LogP contribution in [0.5, 0.6) is 0 Å². The van der Waals surface area contributed by atoms with Crippen molar-refractivity contribution in [2.24, 2.45) is 0 Å². The topological polar surface area (TPSA) is 6.48 Å². The highest BCUT2D eigenvalue weighted by Gasteiger charge is 2.36. The second kappa shape index (κ2) is 11.9. The van der Waals surface area contributed by atoms with Gasteiger partial charge in [-0.05, 0) is 101 Å². The zero-order chi connectivity index (χ0) is 30.2. The summed E-state index contributed by atoms with van der Waals surface area (Å²) in [6.45, 7) is 0. The minimum Gasteiger partial charge on any atom is -0.333 e. The summed E-state index contributed by atoms with van der Waals surface area (Å²) in [6, 6.07) is 44.5. The van der Waals surface area contributed by atoms with E-state index in [1.54, 1.807) is 0 Å². The highest BCUT2D eigenvalue weighted by atomic mass is 79.9. The molecule has 2 unspecified atom stereocenters. The smallest absolute Gasteiger partial charge is 0.0629 e. The number of hydrogen-bond donors (Lipinski definition) is 0. The van der Waals surface area contributed by atoms with Crippen LogP contribution in [0.3, 0.4) is 0 Å². The lowest BCUT2D eigenvalue weighted by Crippen LogP contribution is -2.28. The highest BCUT2D eigenvalue weighted by molar-refractivity contribution is 9.10. The number of nitrogens with zero attached hydrogens (tertiary/aromatic N) is 2. The molecule has 1 aliphatic heterocycles. The lowest BCUT2D eigenvalue weighted by atomic mass is 9.91. The molecule has 1 heterocycles. The lowest BCUT2D eigenvalue weighted by molar-refractivity contribution is 0.745. The number of hydrogen-bond acceptors (Lipinski definition) is 2. The minimum absolute atomic E-state index is 0.308. The van der Waals surface area contributed by atoms with Crippen LogP contribution in [0.4, 0.5) is 22.7 Å². The zero-order valence-corrected chi connectivity index (χ0v) is 26.5. The van der Waals surface area contributed by atoms with Crippen LogP contribution in [-0.2, 0) is 0 Å². The van der Waals surface area contributed by atoms with Gasteiger partial charge >= 0.3 is 0 Å². The molecule has 2 aliphatic carbocycles. The number of anilines is 4. The van der Waals surface area contributed by atoms with Crippen LogP contribution in [0.25, 0.3) is 22.3 Å². The molecule has 0 spiro atoms. The molecule has 218 valence electrons. The number of halogens is 1. The van der Waals surface area contributed by atoms with Gasteiger partial charge in [-0.15, -0.1) is 0 Å². The SMILES string of the molecule is Brc1cc(-c2cccc(-c3ccc(N4c5ccccc5C5C=CC=CC54)cc3)c2)cc(N(C2=CC=CCC2)c2ccccc2)c1. The van der Waals surface area contributed by atoms with E-state index in [1.807, 2.05) is 0 Å². The van der Waals surface area contributed by atoms with E-state index in [9.17, 15) is 0 Å². The van der Waals surface area contributed by atoms with Crippen LogP contribution < -0.4 is 9.80 Å². The molecule has 0 N–H and O–H groups in total. The van der Waals surface area contributed by atoms with Crippen molar-refractivity contribution in [3.05, 3.63) is 180 Å². The van der Waals surface area contributed by atoms with Crippen LogP contribution in [0.15, 0.2) is 174 Å². The Morgan fingerprint density at radius 3 is 2.22 bits per heavy atom. The Labute approximate surface area is 274 Å². The predicted molar refractivity (Wildman–Crippen MR) is 193 cm³/mol. The van der Waals surface area contributed by atoms with Crippen LogP contribution in [0, 0.1) is 0 Å². The minimum atomic E-state index is 0.308. The Morgan fingerprint density at radius 1 is 0.622 bits per heavy atom. The number of rotatable bonds is 6. The van der Waals surface area contributed by atoms with E-state index in [-0.39, 0.29) is 0 Å². The van der Waals surface area contributed by atoms with Gasteiger partial charge in [-0.3, -0.25) is 0 Å². The molecule has 0 saturated heterocycles. The largest absolute Gasteiger partial charge is 0.333 e. The summed E-state index contributed by atoms with van der Waals surface area (Å²) >= 11 is 3.84. The fraction of sp³-hybridized carbons (Fsp3) is 0.0952. The van der Waals surface area contributed by atoms with Crippen molar-refractivity contribution in [3.63, 3.8) is 0 Å². The maximum Gasteiger partial charge on any atom is 0.0629 e. The van der Waals surface area contributed by atoms with Crippen LogP contribution >= 0.6 is 15.9 Å². The highest BCUT2D eigenvalue weighted by Crippen LogP contribution is 2.47. The average Bonchev–Trinajstić information content (AvgIpc) is 3.44. The van der Waals surface area contributed by atoms with Gasteiger partial charge in [0.1, 0.15) is 0 Å². The maximum absolute atomic E-state index is 3.84. The molecule has 0 radical (unpaired) electrons. The first-order valence-corrected chi connectivity index (χ1v) is 16.5. The summed E-state index contributed by atoms with van der Waals surface area (Å²) in [6.07, 6.45) is 17.7. The Morgan fingerprint density at radius 2 is 1.40 bits per heavy atom. The van der Waals surface area contributed by atoms with E-state index in [4.69, 9.17) is 0 Å². The van der Waals surface area contributed by atoms with Gasteiger partial charge in [0, 0.05) is 38.8 Å². The molecule has 2 nitrogen and oxygen atoms in total. The standard InChI is InChI=1S/C42H33BrN2/c43-34-27-33(28-38(29-34)44(35-14-3-1-4-15-35)36-16-5-2-6-17-36)32-13-11-12-31(26-32)30-22-24-37(25-23-30)45-41-20-9-7-18-39(41)40-19-8-10-21-42(40)45/h1-5,7-16,18-29,39,41H,6,17H2. The van der Waals surface area contributed by atoms with E-state index in [0.29, 0.717) is 12.0 Å². The molecule has 3 heteroatoms. The van der Waals surface area contributed by atoms with Gasteiger partial charge in [0.15, 0.2) is 0 Å². The predicted octanol–water partition coefficient (Wildman–Crippen LogP) is 11.9. The molecule has 0 saturated carbocycles. The third-order valence-corrected chi connectivity index (χ3v) is 9.53. The van der Waals surface area contributed by atoms with E-state index >= 15 is 0 Å².